The molecule has 0 aromatic carbocycles. The van der Waals surface area contributed by atoms with Gasteiger partial charge in [0.05, 0.1) is 5.92 Å². The number of amides is 1. The number of aliphatic carboxylic acids is 1. The molecule has 0 aliphatic heterocycles. The van der Waals surface area contributed by atoms with E-state index in [1.807, 2.05) is 0 Å². The van der Waals surface area contributed by atoms with Gasteiger partial charge in [0.1, 0.15) is 0 Å². The average molecular weight is 183 g/mol. The monoisotopic (exact) mass is 183 g/mol. The van der Waals surface area contributed by atoms with Gasteiger partial charge in [0.25, 0.3) is 5.91 Å². The predicted octanol–water partition coefficient (Wildman–Crippen LogP) is 0.237. The van der Waals surface area contributed by atoms with E-state index in [0.717, 1.165) is 0 Å². The van der Waals surface area contributed by atoms with Gasteiger partial charge >= 0.3 is 5.97 Å². The number of nitrogens with one attached hydrogen (secondary N) is 1. The van der Waals surface area contributed by atoms with Crippen LogP contribution < -0.4 is 5.32 Å². The van der Waals surface area contributed by atoms with E-state index in [-0.39, 0.29) is 6.54 Å². The zero-order valence-corrected chi connectivity index (χ0v) is 7.76. The van der Waals surface area contributed by atoms with Gasteiger partial charge in [-0.3, -0.25) is 9.59 Å². The largest absolute Gasteiger partial charge is 0.481 e. The van der Waals surface area contributed by atoms with Gasteiger partial charge in [-0.2, -0.15) is 0 Å². The van der Waals surface area contributed by atoms with Crippen molar-refractivity contribution in [2.75, 3.05) is 6.54 Å². The number of carbonyl (C=O) groups is 2. The molecule has 2 N–H and O–H groups in total. The quantitative estimate of drug-likeness (QED) is 0.613. The van der Waals surface area contributed by atoms with Crippen LogP contribution in [0.25, 0.3) is 0 Å². The van der Waals surface area contributed by atoms with Crippen LogP contribution in [-0.4, -0.2) is 23.5 Å². The van der Waals surface area contributed by atoms with E-state index in [4.69, 9.17) is 5.11 Å². The molecular weight excluding hydrogens is 170 g/mol. The number of carbonyl (C=O) groups excluding carboxylic acids is 1. The summed E-state index contributed by atoms with van der Waals surface area (Å²) >= 11 is 0. The molecule has 4 nitrogen and oxygen atoms in total. The van der Waals surface area contributed by atoms with Crippen LogP contribution >= 0.6 is 0 Å². The first-order valence-corrected chi connectivity index (χ1v) is 4.05. The zero-order valence-electron chi connectivity index (χ0n) is 7.76. The molecule has 0 saturated carbocycles. The van der Waals surface area contributed by atoms with E-state index < -0.39 is 17.8 Å². The highest BCUT2D eigenvalue weighted by Crippen LogP contribution is 1.99. The Kier molecular flexibility index (Phi) is 5.37. The highest BCUT2D eigenvalue weighted by atomic mass is 16.4. The molecule has 1 atom stereocenters. The van der Waals surface area contributed by atoms with Crippen LogP contribution in [0.4, 0.5) is 0 Å². The second-order valence-electron chi connectivity index (χ2n) is 2.53. The van der Waals surface area contributed by atoms with Gasteiger partial charge in [-0.15, -0.1) is 0 Å². The summed E-state index contributed by atoms with van der Waals surface area (Å²) in [7, 11) is 0. The Labute approximate surface area is 77.3 Å². The van der Waals surface area contributed by atoms with Crippen LogP contribution in [0.5, 0.6) is 0 Å². The third-order valence-corrected chi connectivity index (χ3v) is 1.59. The lowest BCUT2D eigenvalue weighted by molar-refractivity contribution is -0.141. The molecule has 1 amide bonds. The first kappa shape index (κ1) is 11.5. The average Bonchev–Trinajstić information content (AvgIpc) is 2.05. The van der Waals surface area contributed by atoms with Gasteiger partial charge in [0, 0.05) is 6.54 Å². The maximum Gasteiger partial charge on any atom is 0.308 e. The topological polar surface area (TPSA) is 66.4 Å². The normalized spacial score (nSPS) is 10.9. The van der Waals surface area contributed by atoms with Crippen molar-refractivity contribution in [2.24, 2.45) is 5.92 Å². The summed E-state index contributed by atoms with van der Waals surface area (Å²) in [5.74, 6) is 2.85. The van der Waals surface area contributed by atoms with Crippen molar-refractivity contribution >= 4 is 11.9 Å². The Hall–Kier alpha value is -1.50. The van der Waals surface area contributed by atoms with Crippen molar-refractivity contribution in [3.05, 3.63) is 0 Å². The first-order valence-electron chi connectivity index (χ1n) is 4.05. The first-order chi connectivity index (χ1) is 6.11. The summed E-state index contributed by atoms with van der Waals surface area (Å²) < 4.78 is 0. The van der Waals surface area contributed by atoms with Gasteiger partial charge in [0.2, 0.25) is 0 Å². The summed E-state index contributed by atoms with van der Waals surface area (Å²) in [6.45, 7) is 3.45. The van der Waals surface area contributed by atoms with Crippen LogP contribution in [0.1, 0.15) is 20.3 Å². The van der Waals surface area contributed by atoms with Gasteiger partial charge < -0.3 is 10.4 Å². The predicted molar refractivity (Wildman–Crippen MR) is 47.9 cm³/mol. The number of carboxylic acids is 1. The Morgan fingerprint density at radius 2 is 2.15 bits per heavy atom. The van der Waals surface area contributed by atoms with Gasteiger partial charge in [0.15, 0.2) is 0 Å². The minimum Gasteiger partial charge on any atom is -0.481 e. The van der Waals surface area contributed by atoms with Crippen molar-refractivity contribution < 1.29 is 14.7 Å². The van der Waals surface area contributed by atoms with E-state index >= 15 is 0 Å². The molecule has 0 radical (unpaired) electrons. The standard InChI is InChI=1S/C9H13NO3/c1-3-5-8(11)10-6-7(4-2)9(12)13/h7H,4,6H2,1-2H3,(H,10,11)(H,12,13). The number of carboxylic acid groups (broad SMARTS) is 1. The summed E-state index contributed by atoms with van der Waals surface area (Å²) in [4.78, 5) is 21.3. The van der Waals surface area contributed by atoms with Crippen molar-refractivity contribution in [3.63, 3.8) is 0 Å². The minimum absolute atomic E-state index is 0.138. The number of rotatable bonds is 4. The van der Waals surface area contributed by atoms with Gasteiger partial charge in [-0.05, 0) is 19.3 Å². The lowest BCUT2D eigenvalue weighted by Gasteiger charge is -2.08. The Balaban J connectivity index is 3.90. The van der Waals surface area contributed by atoms with Crippen LogP contribution in [0.15, 0.2) is 0 Å². The number of hydrogen-bond donors (Lipinski definition) is 2. The Morgan fingerprint density at radius 3 is 2.54 bits per heavy atom. The molecule has 72 valence electrons. The van der Waals surface area contributed by atoms with Crippen LogP contribution in [0.2, 0.25) is 0 Å². The van der Waals surface area contributed by atoms with Gasteiger partial charge in [-0.1, -0.05) is 12.8 Å². The van der Waals surface area contributed by atoms with Crippen molar-refractivity contribution in [1.82, 2.24) is 5.32 Å². The smallest absolute Gasteiger partial charge is 0.308 e. The summed E-state index contributed by atoms with van der Waals surface area (Å²) in [5.41, 5.74) is 0. The fourth-order valence-corrected chi connectivity index (χ4v) is 0.780. The lowest BCUT2D eigenvalue weighted by Crippen LogP contribution is -2.31. The molecule has 0 aliphatic rings. The van der Waals surface area contributed by atoms with Crippen LogP contribution in [0, 0.1) is 17.8 Å². The molecule has 1 unspecified atom stereocenters. The van der Waals surface area contributed by atoms with Crippen molar-refractivity contribution in [3.8, 4) is 11.8 Å². The third-order valence-electron chi connectivity index (χ3n) is 1.59. The molecule has 0 heterocycles. The zero-order chi connectivity index (χ0) is 10.3. The summed E-state index contributed by atoms with van der Waals surface area (Å²) in [6, 6.07) is 0. The minimum atomic E-state index is -0.896. The van der Waals surface area contributed by atoms with Crippen LogP contribution in [0.3, 0.4) is 0 Å². The van der Waals surface area contributed by atoms with E-state index in [9.17, 15) is 9.59 Å². The fraction of sp³-hybridized carbons (Fsp3) is 0.556. The SMILES string of the molecule is CC#CC(=O)NCC(CC)C(=O)O. The molecule has 0 rings (SSSR count). The molecular formula is C9H13NO3. The molecule has 0 saturated heterocycles. The molecule has 0 spiro atoms. The highest BCUT2D eigenvalue weighted by molar-refractivity contribution is 5.93. The molecule has 0 aliphatic carbocycles. The summed E-state index contributed by atoms with van der Waals surface area (Å²) in [5, 5.41) is 11.1. The van der Waals surface area contributed by atoms with Gasteiger partial charge in [-0.25, -0.2) is 0 Å². The molecule has 0 fully saturated rings. The third kappa shape index (κ3) is 4.86. The molecule has 4 heteroatoms. The molecule has 0 aromatic rings. The molecule has 0 bridgehead atoms. The van der Waals surface area contributed by atoms with E-state index in [1.165, 1.54) is 0 Å². The molecule has 13 heavy (non-hydrogen) atoms. The number of hydrogen-bond acceptors (Lipinski definition) is 2. The fourth-order valence-electron chi connectivity index (χ4n) is 0.780. The van der Waals surface area contributed by atoms with Crippen molar-refractivity contribution in [2.45, 2.75) is 20.3 Å². The second kappa shape index (κ2) is 6.06. The highest BCUT2D eigenvalue weighted by Gasteiger charge is 2.14. The Morgan fingerprint density at radius 1 is 1.54 bits per heavy atom. The van der Waals surface area contributed by atoms with E-state index in [0.29, 0.717) is 6.42 Å². The summed E-state index contributed by atoms with van der Waals surface area (Å²) in [6.07, 6.45) is 0.495. The second-order valence-corrected chi connectivity index (χ2v) is 2.53. The lowest BCUT2D eigenvalue weighted by atomic mass is 10.1. The van der Waals surface area contributed by atoms with Crippen LogP contribution in [-0.2, 0) is 9.59 Å². The van der Waals surface area contributed by atoms with Crippen molar-refractivity contribution in [1.29, 1.82) is 0 Å². The van der Waals surface area contributed by atoms with E-state index in [2.05, 4.69) is 17.2 Å². The Bertz CT molecular complexity index is 249. The maximum absolute atomic E-state index is 10.8. The molecule has 0 aromatic heterocycles. The maximum atomic E-state index is 10.8. The van der Waals surface area contributed by atoms with E-state index in [1.54, 1.807) is 13.8 Å².